The van der Waals surface area contributed by atoms with E-state index in [1.807, 2.05) is 37.3 Å². The highest BCUT2D eigenvalue weighted by molar-refractivity contribution is 7.99. The van der Waals surface area contributed by atoms with E-state index in [9.17, 15) is 9.59 Å². The van der Waals surface area contributed by atoms with Gasteiger partial charge >= 0.3 is 0 Å². The zero-order valence-electron chi connectivity index (χ0n) is 12.4. The Hall–Kier alpha value is -2.61. The van der Waals surface area contributed by atoms with Crippen LogP contribution in [0.3, 0.4) is 0 Å². The summed E-state index contributed by atoms with van der Waals surface area (Å²) in [6, 6.07) is 9.46. The molecular formula is C15H15N5O2S. The number of hydrogen-bond donors (Lipinski definition) is 2. The molecule has 1 amide bonds. The molecule has 0 unspecified atom stereocenters. The lowest BCUT2D eigenvalue weighted by atomic mass is 10.3. The van der Waals surface area contributed by atoms with E-state index in [1.54, 1.807) is 4.68 Å². The Balaban J connectivity index is 1.96. The molecule has 0 aliphatic carbocycles. The number of nitrogens with zero attached hydrogens (tertiary/aromatic N) is 3. The van der Waals surface area contributed by atoms with Crippen LogP contribution in [0.15, 0.2) is 46.5 Å². The van der Waals surface area contributed by atoms with E-state index in [1.165, 1.54) is 18.0 Å². The molecule has 0 saturated heterocycles. The van der Waals surface area contributed by atoms with Crippen molar-refractivity contribution in [3.8, 4) is 5.69 Å². The number of H-pyrrole nitrogens is 1. The number of aromatic amines is 1. The highest BCUT2D eigenvalue weighted by atomic mass is 32.2. The summed E-state index contributed by atoms with van der Waals surface area (Å²) in [6.07, 6.45) is 1.49. The quantitative estimate of drug-likeness (QED) is 0.544. The zero-order chi connectivity index (χ0) is 16.2. The third kappa shape index (κ3) is 3.26. The van der Waals surface area contributed by atoms with Crippen LogP contribution in [0.4, 0.5) is 0 Å². The number of rotatable bonds is 5. The highest BCUT2D eigenvalue weighted by Gasteiger charge is 2.12. The number of para-hydroxylation sites is 1. The van der Waals surface area contributed by atoms with Crippen LogP contribution in [-0.2, 0) is 4.79 Å². The number of amides is 1. The van der Waals surface area contributed by atoms with E-state index in [4.69, 9.17) is 0 Å². The average Bonchev–Trinajstić information content (AvgIpc) is 2.98. The molecule has 0 saturated carbocycles. The minimum atomic E-state index is -0.268. The van der Waals surface area contributed by atoms with Crippen molar-refractivity contribution in [3.63, 3.8) is 0 Å². The van der Waals surface area contributed by atoms with Crippen molar-refractivity contribution in [2.24, 2.45) is 0 Å². The van der Waals surface area contributed by atoms with Crippen molar-refractivity contribution >= 4 is 28.7 Å². The fourth-order valence-electron chi connectivity index (χ4n) is 2.11. The summed E-state index contributed by atoms with van der Waals surface area (Å²) in [6.45, 7) is 2.43. The Morgan fingerprint density at radius 1 is 1.35 bits per heavy atom. The van der Waals surface area contributed by atoms with E-state index in [0.717, 1.165) is 5.69 Å². The molecule has 2 N–H and O–H groups in total. The molecule has 0 fully saturated rings. The van der Waals surface area contributed by atoms with Crippen molar-refractivity contribution < 1.29 is 4.79 Å². The van der Waals surface area contributed by atoms with Gasteiger partial charge in [0.15, 0.2) is 10.8 Å². The van der Waals surface area contributed by atoms with Crippen LogP contribution < -0.4 is 10.9 Å². The van der Waals surface area contributed by atoms with Crippen molar-refractivity contribution in [1.82, 2.24) is 25.1 Å². The first-order valence-corrected chi connectivity index (χ1v) is 8.10. The second-order valence-corrected chi connectivity index (χ2v) is 5.71. The van der Waals surface area contributed by atoms with Gasteiger partial charge in [-0.2, -0.15) is 5.10 Å². The number of nitrogens with one attached hydrogen (secondary N) is 2. The van der Waals surface area contributed by atoms with Gasteiger partial charge in [-0.15, -0.1) is 0 Å². The lowest BCUT2D eigenvalue weighted by Crippen LogP contribution is -2.24. The van der Waals surface area contributed by atoms with Gasteiger partial charge in [0.2, 0.25) is 5.91 Å². The second kappa shape index (κ2) is 6.66. The largest absolute Gasteiger partial charge is 0.356 e. The van der Waals surface area contributed by atoms with E-state index in [-0.39, 0.29) is 17.2 Å². The normalized spacial score (nSPS) is 10.8. The SMILES string of the molecule is CCNC(=O)CSc1nc2c(cnn2-c2ccccc2)c(=O)[nH]1. The lowest BCUT2D eigenvalue weighted by molar-refractivity contribution is -0.118. The molecular weight excluding hydrogens is 314 g/mol. The minimum absolute atomic E-state index is 0.100. The third-order valence-electron chi connectivity index (χ3n) is 3.13. The molecule has 118 valence electrons. The zero-order valence-corrected chi connectivity index (χ0v) is 13.3. The topological polar surface area (TPSA) is 92.7 Å². The summed E-state index contributed by atoms with van der Waals surface area (Å²) in [5.41, 5.74) is 1.02. The summed E-state index contributed by atoms with van der Waals surface area (Å²) >= 11 is 1.18. The Kier molecular flexibility index (Phi) is 4.42. The Morgan fingerprint density at radius 2 is 2.13 bits per heavy atom. The number of carbonyl (C=O) groups is 1. The molecule has 0 aliphatic rings. The van der Waals surface area contributed by atoms with E-state index in [0.29, 0.717) is 22.7 Å². The van der Waals surface area contributed by atoms with Crippen LogP contribution >= 0.6 is 11.8 Å². The Bertz CT molecular complexity index is 888. The molecule has 1 aromatic carbocycles. The van der Waals surface area contributed by atoms with E-state index < -0.39 is 0 Å². The summed E-state index contributed by atoms with van der Waals surface area (Å²) in [7, 11) is 0. The summed E-state index contributed by atoms with van der Waals surface area (Å²) < 4.78 is 1.61. The predicted octanol–water partition coefficient (Wildman–Crippen LogP) is 1.34. The maximum Gasteiger partial charge on any atom is 0.262 e. The fourth-order valence-corrected chi connectivity index (χ4v) is 2.79. The van der Waals surface area contributed by atoms with Crippen molar-refractivity contribution in [1.29, 1.82) is 0 Å². The fraction of sp³-hybridized carbons (Fsp3) is 0.200. The summed E-state index contributed by atoms with van der Waals surface area (Å²) in [4.78, 5) is 30.8. The number of hydrogen-bond acceptors (Lipinski definition) is 5. The molecule has 2 heterocycles. The van der Waals surface area contributed by atoms with Crippen LogP contribution in [0.2, 0.25) is 0 Å². The van der Waals surface area contributed by atoms with Crippen molar-refractivity contribution in [2.45, 2.75) is 12.1 Å². The first-order valence-electron chi connectivity index (χ1n) is 7.12. The smallest absolute Gasteiger partial charge is 0.262 e. The first-order chi connectivity index (χ1) is 11.2. The number of carbonyl (C=O) groups excluding carboxylic acids is 1. The molecule has 3 aromatic rings. The van der Waals surface area contributed by atoms with Crippen molar-refractivity contribution in [3.05, 3.63) is 46.9 Å². The predicted molar refractivity (Wildman–Crippen MR) is 88.9 cm³/mol. The molecule has 3 rings (SSSR count). The number of thioether (sulfide) groups is 1. The van der Waals surface area contributed by atoms with Crippen LogP contribution in [0.25, 0.3) is 16.7 Å². The molecule has 0 bridgehead atoms. The minimum Gasteiger partial charge on any atom is -0.356 e. The van der Waals surface area contributed by atoms with Gasteiger partial charge < -0.3 is 10.3 Å². The van der Waals surface area contributed by atoms with Gasteiger partial charge in [-0.25, -0.2) is 9.67 Å². The van der Waals surface area contributed by atoms with Crippen LogP contribution in [-0.4, -0.2) is 38.0 Å². The molecule has 23 heavy (non-hydrogen) atoms. The standard InChI is InChI=1S/C15H15N5O2S/c1-2-16-12(21)9-23-15-18-13-11(14(22)19-15)8-17-20(13)10-6-4-3-5-7-10/h3-8H,2,9H2,1H3,(H,16,21)(H,18,19,22). The Morgan fingerprint density at radius 3 is 2.87 bits per heavy atom. The van der Waals surface area contributed by atoms with Gasteiger partial charge in [-0.1, -0.05) is 30.0 Å². The third-order valence-corrected chi connectivity index (χ3v) is 4.00. The number of benzene rings is 1. The van der Waals surface area contributed by atoms with Gasteiger partial charge in [0.05, 0.1) is 17.6 Å². The maximum absolute atomic E-state index is 12.2. The van der Waals surface area contributed by atoms with Crippen molar-refractivity contribution in [2.75, 3.05) is 12.3 Å². The average molecular weight is 329 g/mol. The van der Waals surface area contributed by atoms with Gasteiger partial charge in [0.1, 0.15) is 5.39 Å². The van der Waals surface area contributed by atoms with Gasteiger partial charge in [-0.05, 0) is 19.1 Å². The van der Waals surface area contributed by atoms with Gasteiger partial charge in [0.25, 0.3) is 5.56 Å². The molecule has 0 atom stereocenters. The molecule has 0 spiro atoms. The summed E-state index contributed by atoms with van der Waals surface area (Å²) in [5, 5.41) is 7.75. The maximum atomic E-state index is 12.2. The van der Waals surface area contributed by atoms with Gasteiger partial charge in [-0.3, -0.25) is 9.59 Å². The van der Waals surface area contributed by atoms with Crippen LogP contribution in [0.1, 0.15) is 6.92 Å². The second-order valence-electron chi connectivity index (χ2n) is 4.74. The van der Waals surface area contributed by atoms with Crippen LogP contribution in [0, 0.1) is 0 Å². The summed E-state index contributed by atoms with van der Waals surface area (Å²) in [5.74, 6) is 0.0960. The molecule has 7 nitrogen and oxygen atoms in total. The van der Waals surface area contributed by atoms with E-state index in [2.05, 4.69) is 20.4 Å². The Labute approximate surface area is 136 Å². The monoisotopic (exact) mass is 329 g/mol. The first kappa shape index (κ1) is 15.3. The lowest BCUT2D eigenvalue weighted by Gasteiger charge is -2.04. The number of aromatic nitrogens is 4. The number of fused-ring (bicyclic) bond motifs is 1. The molecule has 2 aromatic heterocycles. The molecule has 0 radical (unpaired) electrons. The molecule has 8 heteroatoms. The van der Waals surface area contributed by atoms with E-state index >= 15 is 0 Å². The molecule has 0 aliphatic heterocycles. The van der Waals surface area contributed by atoms with Crippen LogP contribution in [0.5, 0.6) is 0 Å². The van der Waals surface area contributed by atoms with Gasteiger partial charge in [0, 0.05) is 6.54 Å². The highest BCUT2D eigenvalue weighted by Crippen LogP contribution is 2.17.